The van der Waals surface area contributed by atoms with Crippen LogP contribution in [0.3, 0.4) is 0 Å². The van der Waals surface area contributed by atoms with Crippen molar-refractivity contribution in [3.05, 3.63) is 93.5 Å². The third kappa shape index (κ3) is 8.46. The summed E-state index contributed by atoms with van der Waals surface area (Å²) >= 11 is 11.8. The maximum Gasteiger partial charge on any atom is 0.417 e. The van der Waals surface area contributed by atoms with Crippen LogP contribution in [0.4, 0.5) is 18.9 Å². The molecule has 4 amide bonds. The fourth-order valence-electron chi connectivity index (χ4n) is 4.93. The summed E-state index contributed by atoms with van der Waals surface area (Å²) in [4.78, 5) is 53.3. The number of nitrogens with one attached hydrogen (secondary N) is 2. The molecular formula is C31H29Cl2F3N4O5. The van der Waals surface area contributed by atoms with E-state index in [1.54, 1.807) is 42.5 Å². The van der Waals surface area contributed by atoms with Gasteiger partial charge in [-0.1, -0.05) is 29.3 Å². The van der Waals surface area contributed by atoms with Gasteiger partial charge < -0.3 is 25.2 Å². The van der Waals surface area contributed by atoms with E-state index in [0.29, 0.717) is 21.9 Å². The minimum absolute atomic E-state index is 0.00612. The first-order valence-corrected chi connectivity index (χ1v) is 14.5. The van der Waals surface area contributed by atoms with Crippen LogP contribution in [0.25, 0.3) is 0 Å². The van der Waals surface area contributed by atoms with E-state index in [2.05, 4.69) is 10.6 Å². The number of hydrogen-bond donors (Lipinski definition) is 2. The summed E-state index contributed by atoms with van der Waals surface area (Å²) in [5.41, 5.74) is -0.547. The van der Waals surface area contributed by atoms with E-state index < -0.39 is 53.1 Å². The van der Waals surface area contributed by atoms with E-state index in [1.165, 1.54) is 24.1 Å². The van der Waals surface area contributed by atoms with Gasteiger partial charge in [0.15, 0.2) is 0 Å². The molecule has 1 saturated heterocycles. The molecule has 14 heteroatoms. The second-order valence-corrected chi connectivity index (χ2v) is 11.1. The highest BCUT2D eigenvalue weighted by atomic mass is 35.5. The van der Waals surface area contributed by atoms with Gasteiger partial charge in [0, 0.05) is 48.4 Å². The molecule has 3 aromatic rings. The number of alkyl halides is 3. The third-order valence-corrected chi connectivity index (χ3v) is 7.75. The minimum Gasteiger partial charge on any atom is -0.491 e. The molecule has 238 valence electrons. The quantitative estimate of drug-likeness (QED) is 0.327. The molecule has 0 saturated carbocycles. The van der Waals surface area contributed by atoms with Crippen LogP contribution in [-0.4, -0.2) is 67.4 Å². The van der Waals surface area contributed by atoms with Gasteiger partial charge in [-0.3, -0.25) is 19.2 Å². The molecule has 45 heavy (non-hydrogen) atoms. The Kier molecular flexibility index (Phi) is 10.6. The maximum atomic E-state index is 13.7. The molecular weight excluding hydrogens is 636 g/mol. The SMILES string of the molecule is CNC(=O)c1ccc(OC[C@@H]2C[C@@H](NC(=O)c3cccc(Cl)c3)CN2C(=O)CN(C(C)=O)c2ccc(Cl)c(C(F)(F)F)c2)cc1. The number of benzene rings is 3. The van der Waals surface area contributed by atoms with Gasteiger partial charge in [0.2, 0.25) is 11.8 Å². The molecule has 0 radical (unpaired) electrons. The molecule has 2 N–H and O–H groups in total. The predicted molar refractivity (Wildman–Crippen MR) is 163 cm³/mol. The Labute approximate surface area is 267 Å². The first-order chi connectivity index (χ1) is 21.3. The number of ether oxygens (including phenoxy) is 1. The van der Waals surface area contributed by atoms with Crippen molar-refractivity contribution in [1.82, 2.24) is 15.5 Å². The normalized spacial score (nSPS) is 16.2. The number of amides is 4. The monoisotopic (exact) mass is 664 g/mol. The maximum absolute atomic E-state index is 13.7. The summed E-state index contributed by atoms with van der Waals surface area (Å²) in [6, 6.07) is 14.6. The van der Waals surface area contributed by atoms with Crippen molar-refractivity contribution < 1.29 is 37.1 Å². The molecule has 1 aliphatic heterocycles. The zero-order valence-electron chi connectivity index (χ0n) is 24.2. The summed E-state index contributed by atoms with van der Waals surface area (Å²) in [6.45, 7) is 0.611. The highest BCUT2D eigenvalue weighted by Crippen LogP contribution is 2.37. The van der Waals surface area contributed by atoms with E-state index in [0.717, 1.165) is 24.0 Å². The lowest BCUT2D eigenvalue weighted by Gasteiger charge is -2.28. The van der Waals surface area contributed by atoms with E-state index >= 15 is 0 Å². The standard InChI is InChI=1S/C31H29Cl2F3N4O5/c1-18(41)39(23-8-11-27(33)26(14-23)31(34,35)36)16-28(42)40-15-22(38-30(44)20-4-3-5-21(32)12-20)13-24(40)17-45-25-9-6-19(7-10-25)29(43)37-2/h3-12,14,22,24H,13,15-17H2,1-2H3,(H,37,43)(H,38,44)/t22-,24+/m1/s1. The summed E-state index contributed by atoms with van der Waals surface area (Å²) in [5.74, 6) is -1.49. The smallest absolute Gasteiger partial charge is 0.417 e. The van der Waals surface area contributed by atoms with Gasteiger partial charge in [-0.05, 0) is 67.1 Å². The molecule has 1 fully saturated rings. The lowest BCUT2D eigenvalue weighted by Crippen LogP contribution is -2.46. The van der Waals surface area contributed by atoms with Crippen molar-refractivity contribution in [3.63, 3.8) is 0 Å². The van der Waals surface area contributed by atoms with Crippen LogP contribution < -0.4 is 20.3 Å². The Balaban J connectivity index is 1.54. The largest absolute Gasteiger partial charge is 0.491 e. The highest BCUT2D eigenvalue weighted by molar-refractivity contribution is 6.31. The molecule has 0 unspecified atom stereocenters. The molecule has 0 aliphatic carbocycles. The zero-order valence-corrected chi connectivity index (χ0v) is 25.7. The number of carbonyl (C=O) groups is 4. The minimum atomic E-state index is -4.77. The average molecular weight is 665 g/mol. The summed E-state index contributed by atoms with van der Waals surface area (Å²) in [5, 5.41) is 5.24. The first kappa shape index (κ1) is 33.6. The Morgan fingerprint density at radius 1 is 0.978 bits per heavy atom. The summed E-state index contributed by atoms with van der Waals surface area (Å²) in [7, 11) is 1.51. The number of anilines is 1. The number of likely N-dealkylation sites (tertiary alicyclic amines) is 1. The van der Waals surface area contributed by atoms with Gasteiger partial charge in [0.25, 0.3) is 11.8 Å². The molecule has 9 nitrogen and oxygen atoms in total. The summed E-state index contributed by atoms with van der Waals surface area (Å²) in [6.07, 6.45) is -4.49. The summed E-state index contributed by atoms with van der Waals surface area (Å²) < 4.78 is 46.5. The van der Waals surface area contributed by atoms with Crippen molar-refractivity contribution >= 4 is 52.5 Å². The highest BCUT2D eigenvalue weighted by Gasteiger charge is 2.38. The Bertz CT molecular complexity index is 1590. The van der Waals surface area contributed by atoms with Crippen LogP contribution in [0, 0.1) is 0 Å². The van der Waals surface area contributed by atoms with Crippen molar-refractivity contribution in [2.24, 2.45) is 0 Å². The Morgan fingerprint density at radius 2 is 1.69 bits per heavy atom. The van der Waals surface area contributed by atoms with Crippen LogP contribution in [0.2, 0.25) is 10.0 Å². The van der Waals surface area contributed by atoms with E-state index in [9.17, 15) is 32.3 Å². The molecule has 1 aliphatic rings. The number of nitrogens with zero attached hydrogens (tertiary/aromatic N) is 2. The first-order valence-electron chi connectivity index (χ1n) is 13.7. The van der Waals surface area contributed by atoms with E-state index in [-0.39, 0.29) is 31.2 Å². The van der Waals surface area contributed by atoms with Crippen LogP contribution in [0.1, 0.15) is 39.6 Å². The number of rotatable bonds is 9. The van der Waals surface area contributed by atoms with E-state index in [4.69, 9.17) is 27.9 Å². The molecule has 1 heterocycles. The average Bonchev–Trinajstić information content (AvgIpc) is 3.40. The topological polar surface area (TPSA) is 108 Å². The lowest BCUT2D eigenvalue weighted by atomic mass is 10.1. The second kappa shape index (κ2) is 14.2. The van der Waals surface area contributed by atoms with Crippen molar-refractivity contribution in [3.8, 4) is 5.75 Å². The van der Waals surface area contributed by atoms with Crippen molar-refractivity contribution in [2.75, 3.05) is 31.6 Å². The molecule has 3 aromatic carbocycles. The van der Waals surface area contributed by atoms with Gasteiger partial charge in [-0.25, -0.2) is 0 Å². The fourth-order valence-corrected chi connectivity index (χ4v) is 5.35. The fraction of sp³-hybridized carbons (Fsp3) is 0.290. The predicted octanol–water partition coefficient (Wildman–Crippen LogP) is 5.20. The van der Waals surface area contributed by atoms with Crippen LogP contribution in [0.5, 0.6) is 5.75 Å². The molecule has 0 aromatic heterocycles. The molecule has 0 spiro atoms. The number of halogens is 5. The third-order valence-electron chi connectivity index (χ3n) is 7.18. The van der Waals surface area contributed by atoms with Crippen LogP contribution >= 0.6 is 23.2 Å². The van der Waals surface area contributed by atoms with E-state index in [1.807, 2.05) is 0 Å². The Morgan fingerprint density at radius 3 is 2.31 bits per heavy atom. The number of carbonyl (C=O) groups excluding carboxylic acids is 4. The number of hydrogen-bond acceptors (Lipinski definition) is 5. The van der Waals surface area contributed by atoms with Gasteiger partial charge >= 0.3 is 6.18 Å². The molecule has 0 bridgehead atoms. The van der Waals surface area contributed by atoms with Crippen LogP contribution in [-0.2, 0) is 15.8 Å². The van der Waals surface area contributed by atoms with Gasteiger partial charge in [0.05, 0.1) is 16.6 Å². The van der Waals surface area contributed by atoms with Crippen molar-refractivity contribution in [2.45, 2.75) is 31.6 Å². The van der Waals surface area contributed by atoms with Crippen molar-refractivity contribution in [1.29, 1.82) is 0 Å². The van der Waals surface area contributed by atoms with Gasteiger partial charge in [-0.2, -0.15) is 13.2 Å². The van der Waals surface area contributed by atoms with Crippen LogP contribution in [0.15, 0.2) is 66.7 Å². The van der Waals surface area contributed by atoms with Gasteiger partial charge in [0.1, 0.15) is 18.9 Å². The Hall–Kier alpha value is -4.29. The molecule has 4 rings (SSSR count). The lowest BCUT2D eigenvalue weighted by molar-refractivity contribution is -0.137. The second-order valence-electron chi connectivity index (χ2n) is 10.3. The van der Waals surface area contributed by atoms with Gasteiger partial charge in [-0.15, -0.1) is 0 Å². The molecule has 2 atom stereocenters. The zero-order chi connectivity index (χ0) is 32.9.